The highest BCUT2D eigenvalue weighted by Gasteiger charge is 2.30. The molecule has 19 heteroatoms. The van der Waals surface area contributed by atoms with E-state index in [1.807, 2.05) is 0 Å². The van der Waals surface area contributed by atoms with Crippen LogP contribution in [-0.2, 0) is 65.4 Å². The van der Waals surface area contributed by atoms with Crippen LogP contribution in [0.15, 0.2) is 0 Å². The average molecular weight is 1450 g/mol. The monoisotopic (exact) mass is 1450 g/mol. The molecule has 17 nitrogen and oxygen atoms in total. The van der Waals surface area contributed by atoms with Gasteiger partial charge in [0.2, 0.25) is 0 Å². The van der Waals surface area contributed by atoms with Crippen LogP contribution in [0.25, 0.3) is 0 Å². The van der Waals surface area contributed by atoms with E-state index in [9.17, 15) is 43.2 Å². The van der Waals surface area contributed by atoms with Gasteiger partial charge in [0.25, 0.3) is 0 Å². The molecule has 0 saturated heterocycles. The van der Waals surface area contributed by atoms with Crippen LogP contribution in [0.5, 0.6) is 0 Å². The lowest BCUT2D eigenvalue weighted by atomic mass is 9.99. The summed E-state index contributed by atoms with van der Waals surface area (Å²) in [5, 5.41) is 10.6. The number of aliphatic hydroxyl groups is 1. The third kappa shape index (κ3) is 72.8. The zero-order valence-corrected chi connectivity index (χ0v) is 66.6. The van der Waals surface area contributed by atoms with Crippen LogP contribution in [0, 0.1) is 11.8 Å². The Kier molecular flexibility index (Phi) is 70.3. The van der Waals surface area contributed by atoms with Crippen LogP contribution in [-0.4, -0.2) is 96.7 Å². The number of esters is 4. The SMILES string of the molecule is CCCCCCCCCCCCCCCCCCCCCC(=O)OC[C@H](COP(=O)(O)OC[C@@H](O)COP(=O)(O)OC[C@@H](COC(=O)CCCCCCC)OC(=O)CCCCCCCCCCCCC(C)C)OC(=O)CCCCCCCCCCCCCCCCCCCCC(C)CC. The summed E-state index contributed by atoms with van der Waals surface area (Å²) in [6, 6.07) is 0. The van der Waals surface area contributed by atoms with E-state index in [1.165, 1.54) is 231 Å². The van der Waals surface area contributed by atoms with Crippen LogP contribution in [0.2, 0.25) is 0 Å². The second-order valence-corrected chi connectivity index (χ2v) is 32.4. The van der Waals surface area contributed by atoms with Gasteiger partial charge in [-0.3, -0.25) is 37.3 Å². The van der Waals surface area contributed by atoms with Gasteiger partial charge in [0.05, 0.1) is 26.4 Å². The topological polar surface area (TPSA) is 237 Å². The molecule has 99 heavy (non-hydrogen) atoms. The first kappa shape index (κ1) is 97.1. The molecular formula is C80H156O17P2. The van der Waals surface area contributed by atoms with Gasteiger partial charge in [-0.25, -0.2) is 9.13 Å². The van der Waals surface area contributed by atoms with Gasteiger partial charge < -0.3 is 33.8 Å². The minimum absolute atomic E-state index is 0.105. The summed E-state index contributed by atoms with van der Waals surface area (Å²) in [7, 11) is -9.91. The summed E-state index contributed by atoms with van der Waals surface area (Å²) >= 11 is 0. The summed E-state index contributed by atoms with van der Waals surface area (Å²) in [5.41, 5.74) is 0. The fourth-order valence-electron chi connectivity index (χ4n) is 12.3. The molecule has 0 saturated carbocycles. The maximum absolute atomic E-state index is 13.1. The lowest BCUT2D eigenvalue weighted by Crippen LogP contribution is -2.30. The number of carbonyl (C=O) groups excluding carboxylic acids is 4. The largest absolute Gasteiger partial charge is 0.472 e. The van der Waals surface area contributed by atoms with Gasteiger partial charge in [-0.05, 0) is 37.5 Å². The molecule has 0 aliphatic rings. The first-order valence-corrected chi connectivity index (χ1v) is 44.5. The minimum Gasteiger partial charge on any atom is -0.462 e. The number of hydrogen-bond acceptors (Lipinski definition) is 15. The fraction of sp³-hybridized carbons (Fsp3) is 0.950. The molecule has 0 fully saturated rings. The van der Waals surface area contributed by atoms with Crippen molar-refractivity contribution in [2.45, 2.75) is 439 Å². The number of ether oxygens (including phenoxy) is 4. The Bertz CT molecular complexity index is 1910. The molecule has 0 aliphatic carbocycles. The molecule has 0 aromatic rings. The quantitative estimate of drug-likeness (QED) is 0.0222. The maximum Gasteiger partial charge on any atom is 0.472 e. The van der Waals surface area contributed by atoms with Gasteiger partial charge in [-0.2, -0.15) is 0 Å². The van der Waals surface area contributed by atoms with Crippen molar-refractivity contribution in [2.75, 3.05) is 39.6 Å². The van der Waals surface area contributed by atoms with Crippen molar-refractivity contribution in [2.24, 2.45) is 11.8 Å². The molecule has 6 atom stereocenters. The molecule has 0 bridgehead atoms. The van der Waals surface area contributed by atoms with E-state index >= 15 is 0 Å². The number of phosphoric ester groups is 2. The molecule has 0 spiro atoms. The number of aliphatic hydroxyl groups excluding tert-OH is 1. The lowest BCUT2D eigenvalue weighted by Gasteiger charge is -2.21. The highest BCUT2D eigenvalue weighted by molar-refractivity contribution is 7.47. The van der Waals surface area contributed by atoms with Crippen LogP contribution >= 0.6 is 15.6 Å². The smallest absolute Gasteiger partial charge is 0.462 e. The van der Waals surface area contributed by atoms with Crippen LogP contribution in [0.1, 0.15) is 420 Å². The number of unbranched alkanes of at least 4 members (excludes halogenated alkanes) is 48. The van der Waals surface area contributed by atoms with Crippen molar-refractivity contribution in [3.05, 3.63) is 0 Å². The number of carbonyl (C=O) groups is 4. The highest BCUT2D eigenvalue weighted by atomic mass is 31.2. The third-order valence-electron chi connectivity index (χ3n) is 19.1. The van der Waals surface area contributed by atoms with Crippen molar-refractivity contribution >= 4 is 39.5 Å². The molecule has 0 rings (SSSR count). The summed E-state index contributed by atoms with van der Waals surface area (Å²) in [6.07, 6.45) is 61.6. The van der Waals surface area contributed by atoms with E-state index in [0.29, 0.717) is 25.7 Å². The lowest BCUT2D eigenvalue weighted by molar-refractivity contribution is -0.161. The third-order valence-corrected chi connectivity index (χ3v) is 21.0. The molecule has 3 N–H and O–H groups in total. The standard InChI is InChI=1S/C80H156O17P2/c1-7-10-12-14-15-16-17-18-19-20-21-25-28-31-34-40-45-51-57-63-78(83)91-69-76(97-80(85)64-58-52-46-41-35-32-29-26-23-22-24-27-30-33-39-44-50-55-61-73(6)9-3)71-95-99(88,89)93-67-74(81)66-92-98(86,87)94-70-75(68-90-77(82)62-56-48-13-11-8-2)96-79(84)65-59-53-47-42-37-36-38-43-49-54-60-72(4)5/h72-76,81H,7-71H2,1-6H3,(H,86,87)(H,88,89)/t73?,74-,75+,76+/m0/s1. The van der Waals surface area contributed by atoms with Crippen molar-refractivity contribution in [3.63, 3.8) is 0 Å². The average Bonchev–Trinajstić information content (AvgIpc) is 1.53. The second kappa shape index (κ2) is 71.7. The maximum atomic E-state index is 13.1. The van der Waals surface area contributed by atoms with Gasteiger partial charge in [-0.1, -0.05) is 369 Å². The Morgan fingerprint density at radius 3 is 0.768 bits per heavy atom. The van der Waals surface area contributed by atoms with E-state index in [-0.39, 0.29) is 25.7 Å². The highest BCUT2D eigenvalue weighted by Crippen LogP contribution is 2.45. The minimum atomic E-state index is -4.96. The molecule has 0 heterocycles. The van der Waals surface area contributed by atoms with E-state index < -0.39 is 97.5 Å². The van der Waals surface area contributed by atoms with E-state index in [4.69, 9.17) is 37.0 Å². The fourth-order valence-corrected chi connectivity index (χ4v) is 13.9. The molecule has 0 radical (unpaired) electrons. The number of hydrogen-bond donors (Lipinski definition) is 3. The molecule has 588 valence electrons. The Balaban J connectivity index is 5.11. The summed E-state index contributed by atoms with van der Waals surface area (Å²) in [4.78, 5) is 72.6. The van der Waals surface area contributed by atoms with Crippen molar-refractivity contribution in [3.8, 4) is 0 Å². The van der Waals surface area contributed by atoms with Gasteiger partial charge in [0.15, 0.2) is 12.2 Å². The molecule has 0 aromatic heterocycles. The zero-order valence-electron chi connectivity index (χ0n) is 64.8. The van der Waals surface area contributed by atoms with Gasteiger partial charge in [-0.15, -0.1) is 0 Å². The number of phosphoric acid groups is 2. The molecule has 0 amide bonds. The summed E-state index contributed by atoms with van der Waals surface area (Å²) in [6.45, 7) is 9.59. The first-order valence-electron chi connectivity index (χ1n) is 41.5. The predicted molar refractivity (Wildman–Crippen MR) is 405 cm³/mol. The summed E-state index contributed by atoms with van der Waals surface area (Å²) < 4.78 is 68.4. The second-order valence-electron chi connectivity index (χ2n) is 29.5. The first-order chi connectivity index (χ1) is 47.9. The predicted octanol–water partition coefficient (Wildman–Crippen LogP) is 23.9. The van der Waals surface area contributed by atoms with Crippen molar-refractivity contribution in [1.29, 1.82) is 0 Å². The van der Waals surface area contributed by atoms with Crippen molar-refractivity contribution in [1.82, 2.24) is 0 Å². The molecule has 0 aromatic carbocycles. The van der Waals surface area contributed by atoms with Gasteiger partial charge in [0.1, 0.15) is 19.3 Å². The van der Waals surface area contributed by atoms with Crippen molar-refractivity contribution < 1.29 is 80.2 Å². The Morgan fingerprint density at radius 2 is 0.515 bits per heavy atom. The molecule has 3 unspecified atom stereocenters. The molecule has 0 aliphatic heterocycles. The van der Waals surface area contributed by atoms with Crippen LogP contribution in [0.3, 0.4) is 0 Å². The van der Waals surface area contributed by atoms with E-state index in [2.05, 4.69) is 41.5 Å². The zero-order chi connectivity index (χ0) is 72.8. The Labute approximate surface area is 607 Å². The van der Waals surface area contributed by atoms with Crippen LogP contribution < -0.4 is 0 Å². The number of rotatable bonds is 79. The normalized spacial score (nSPS) is 14.2. The van der Waals surface area contributed by atoms with Gasteiger partial charge in [0, 0.05) is 25.7 Å². The van der Waals surface area contributed by atoms with Crippen LogP contribution in [0.4, 0.5) is 0 Å². The van der Waals surface area contributed by atoms with E-state index in [0.717, 1.165) is 108 Å². The van der Waals surface area contributed by atoms with Gasteiger partial charge >= 0.3 is 39.5 Å². The Hall–Kier alpha value is -1.94. The summed E-state index contributed by atoms with van der Waals surface area (Å²) in [5.74, 6) is -0.500. The van der Waals surface area contributed by atoms with E-state index in [1.54, 1.807) is 0 Å². The molecular weight excluding hydrogens is 1290 g/mol. The Morgan fingerprint density at radius 1 is 0.293 bits per heavy atom.